The van der Waals surface area contributed by atoms with E-state index >= 15 is 0 Å². The summed E-state index contributed by atoms with van der Waals surface area (Å²) in [6.07, 6.45) is 1.24. The summed E-state index contributed by atoms with van der Waals surface area (Å²) in [4.78, 5) is 12.0. The van der Waals surface area contributed by atoms with E-state index < -0.39 is 0 Å². The molecule has 2 aromatic carbocycles. The molecule has 0 aliphatic rings. The molecule has 3 nitrogen and oxygen atoms in total. The molecule has 21 heavy (non-hydrogen) atoms. The predicted molar refractivity (Wildman–Crippen MR) is 85.3 cm³/mol. The number of ether oxygens (including phenoxy) is 1. The average molecular weight is 283 g/mol. The molecule has 0 heterocycles. The van der Waals surface area contributed by atoms with Crippen LogP contribution >= 0.6 is 0 Å². The minimum Gasteiger partial charge on any atom is -0.380 e. The molecule has 1 N–H and O–H groups in total. The van der Waals surface area contributed by atoms with Gasteiger partial charge in [-0.3, -0.25) is 4.79 Å². The Bertz CT molecular complexity index is 590. The van der Waals surface area contributed by atoms with Crippen molar-refractivity contribution in [2.24, 2.45) is 0 Å². The maximum Gasteiger partial charge on any atom is 0.224 e. The van der Waals surface area contributed by atoms with Crippen molar-refractivity contribution in [3.05, 3.63) is 65.2 Å². The number of hydrogen-bond acceptors (Lipinski definition) is 2. The van der Waals surface area contributed by atoms with Gasteiger partial charge in [-0.1, -0.05) is 42.0 Å². The van der Waals surface area contributed by atoms with Gasteiger partial charge < -0.3 is 10.1 Å². The van der Waals surface area contributed by atoms with Gasteiger partial charge in [0.05, 0.1) is 6.61 Å². The number of benzene rings is 2. The van der Waals surface area contributed by atoms with Crippen LogP contribution in [-0.2, 0) is 22.6 Å². The third-order valence-corrected chi connectivity index (χ3v) is 3.28. The van der Waals surface area contributed by atoms with Crippen LogP contribution in [0.4, 0.5) is 5.69 Å². The SMILES string of the molecule is COCc1cccc(NC(=O)CCc2ccc(C)cc2)c1. The van der Waals surface area contributed by atoms with Gasteiger partial charge in [0.15, 0.2) is 0 Å². The summed E-state index contributed by atoms with van der Waals surface area (Å²) in [7, 11) is 1.66. The Morgan fingerprint density at radius 3 is 2.57 bits per heavy atom. The Labute approximate surface area is 126 Å². The lowest BCUT2D eigenvalue weighted by Gasteiger charge is -2.07. The quantitative estimate of drug-likeness (QED) is 0.877. The summed E-state index contributed by atoms with van der Waals surface area (Å²) in [5.74, 6) is 0.0325. The van der Waals surface area contributed by atoms with Gasteiger partial charge in [0.2, 0.25) is 5.91 Å². The Balaban J connectivity index is 1.86. The molecule has 1 amide bonds. The number of hydrogen-bond donors (Lipinski definition) is 1. The first-order valence-corrected chi connectivity index (χ1v) is 7.10. The largest absolute Gasteiger partial charge is 0.380 e. The standard InChI is InChI=1S/C18H21NO2/c1-14-6-8-15(9-7-14)10-11-18(20)19-17-5-3-4-16(12-17)13-21-2/h3-9,12H,10-11,13H2,1-2H3,(H,19,20). The van der Waals surface area contributed by atoms with Crippen LogP contribution in [-0.4, -0.2) is 13.0 Å². The molecule has 0 aliphatic heterocycles. The number of carbonyl (C=O) groups is 1. The second kappa shape index (κ2) is 7.60. The average Bonchev–Trinajstić information content (AvgIpc) is 2.47. The van der Waals surface area contributed by atoms with Crippen LogP contribution < -0.4 is 5.32 Å². The van der Waals surface area contributed by atoms with Crippen LogP contribution in [0, 0.1) is 6.92 Å². The lowest BCUT2D eigenvalue weighted by Crippen LogP contribution is -2.12. The van der Waals surface area contributed by atoms with Gasteiger partial charge in [-0.2, -0.15) is 0 Å². The highest BCUT2D eigenvalue weighted by molar-refractivity contribution is 5.90. The van der Waals surface area contributed by atoms with Gasteiger partial charge in [-0.25, -0.2) is 0 Å². The van der Waals surface area contributed by atoms with Crippen LogP contribution in [0.1, 0.15) is 23.1 Å². The number of nitrogens with one attached hydrogen (secondary N) is 1. The van der Waals surface area contributed by atoms with Gasteiger partial charge in [-0.05, 0) is 36.6 Å². The molecule has 0 saturated carbocycles. The topological polar surface area (TPSA) is 38.3 Å². The summed E-state index contributed by atoms with van der Waals surface area (Å²) in [6, 6.07) is 16.0. The van der Waals surface area contributed by atoms with E-state index in [4.69, 9.17) is 4.74 Å². The van der Waals surface area contributed by atoms with Crippen LogP contribution in [0.5, 0.6) is 0 Å². The third-order valence-electron chi connectivity index (χ3n) is 3.28. The summed E-state index contributed by atoms with van der Waals surface area (Å²) in [6.45, 7) is 2.61. The molecule has 0 unspecified atom stereocenters. The lowest BCUT2D eigenvalue weighted by molar-refractivity contribution is -0.116. The molecule has 0 aromatic heterocycles. The van der Waals surface area contributed by atoms with Crippen molar-refractivity contribution in [1.29, 1.82) is 0 Å². The molecule has 110 valence electrons. The maximum absolute atomic E-state index is 12.0. The van der Waals surface area contributed by atoms with E-state index in [9.17, 15) is 4.79 Å². The highest BCUT2D eigenvalue weighted by atomic mass is 16.5. The zero-order valence-electron chi connectivity index (χ0n) is 12.6. The molecule has 2 rings (SSSR count). The number of carbonyl (C=O) groups excluding carboxylic acids is 1. The van der Waals surface area contributed by atoms with Crippen LogP contribution in [0.25, 0.3) is 0 Å². The maximum atomic E-state index is 12.0. The van der Waals surface area contributed by atoms with Crippen molar-refractivity contribution in [1.82, 2.24) is 0 Å². The first-order valence-electron chi connectivity index (χ1n) is 7.10. The van der Waals surface area contributed by atoms with Crippen molar-refractivity contribution < 1.29 is 9.53 Å². The molecule has 0 spiro atoms. The molecule has 0 aliphatic carbocycles. The first kappa shape index (κ1) is 15.3. The van der Waals surface area contributed by atoms with E-state index in [0.717, 1.165) is 17.7 Å². The van der Waals surface area contributed by atoms with Gasteiger partial charge in [0.1, 0.15) is 0 Å². The molecule has 0 radical (unpaired) electrons. The number of anilines is 1. The molecule has 0 atom stereocenters. The van der Waals surface area contributed by atoms with Crippen LogP contribution in [0.3, 0.4) is 0 Å². The van der Waals surface area contributed by atoms with E-state index in [2.05, 4.69) is 36.5 Å². The van der Waals surface area contributed by atoms with Crippen LogP contribution in [0.15, 0.2) is 48.5 Å². The van der Waals surface area contributed by atoms with E-state index in [0.29, 0.717) is 13.0 Å². The number of aryl methyl sites for hydroxylation is 2. The smallest absolute Gasteiger partial charge is 0.224 e. The minimum absolute atomic E-state index is 0.0325. The zero-order chi connectivity index (χ0) is 15.1. The van der Waals surface area contributed by atoms with E-state index in [1.54, 1.807) is 7.11 Å². The minimum atomic E-state index is 0.0325. The van der Waals surface area contributed by atoms with E-state index in [1.807, 2.05) is 24.3 Å². The summed E-state index contributed by atoms with van der Waals surface area (Å²) >= 11 is 0. The zero-order valence-corrected chi connectivity index (χ0v) is 12.6. The van der Waals surface area contributed by atoms with Crippen molar-refractivity contribution in [3.8, 4) is 0 Å². The second-order valence-electron chi connectivity index (χ2n) is 5.17. The molecule has 2 aromatic rings. The van der Waals surface area contributed by atoms with Crippen LogP contribution in [0.2, 0.25) is 0 Å². The number of rotatable bonds is 6. The third kappa shape index (κ3) is 5.04. The molecular weight excluding hydrogens is 262 g/mol. The Morgan fingerprint density at radius 2 is 1.86 bits per heavy atom. The summed E-state index contributed by atoms with van der Waals surface area (Å²) < 4.78 is 5.09. The Morgan fingerprint density at radius 1 is 1.10 bits per heavy atom. The number of amides is 1. The van der Waals surface area contributed by atoms with Gasteiger partial charge >= 0.3 is 0 Å². The number of methoxy groups -OCH3 is 1. The highest BCUT2D eigenvalue weighted by Gasteiger charge is 2.04. The van der Waals surface area contributed by atoms with Crippen molar-refractivity contribution in [2.75, 3.05) is 12.4 Å². The van der Waals surface area contributed by atoms with Gasteiger partial charge in [0, 0.05) is 19.2 Å². The van der Waals surface area contributed by atoms with Crippen molar-refractivity contribution in [3.63, 3.8) is 0 Å². The van der Waals surface area contributed by atoms with Gasteiger partial charge in [0.25, 0.3) is 0 Å². The molecule has 0 fully saturated rings. The highest BCUT2D eigenvalue weighted by Crippen LogP contribution is 2.12. The van der Waals surface area contributed by atoms with Crippen molar-refractivity contribution in [2.45, 2.75) is 26.4 Å². The molecular formula is C18H21NO2. The van der Waals surface area contributed by atoms with E-state index in [1.165, 1.54) is 11.1 Å². The Kier molecular flexibility index (Phi) is 5.52. The predicted octanol–water partition coefficient (Wildman–Crippen LogP) is 3.71. The normalized spacial score (nSPS) is 10.4. The fourth-order valence-corrected chi connectivity index (χ4v) is 2.14. The monoisotopic (exact) mass is 283 g/mol. The van der Waals surface area contributed by atoms with E-state index in [-0.39, 0.29) is 5.91 Å². The molecule has 0 saturated heterocycles. The molecule has 3 heteroatoms. The van der Waals surface area contributed by atoms with Crippen molar-refractivity contribution >= 4 is 11.6 Å². The lowest BCUT2D eigenvalue weighted by atomic mass is 10.1. The van der Waals surface area contributed by atoms with Gasteiger partial charge in [-0.15, -0.1) is 0 Å². The first-order chi connectivity index (χ1) is 10.2. The fraction of sp³-hybridized carbons (Fsp3) is 0.278. The summed E-state index contributed by atoms with van der Waals surface area (Å²) in [5, 5.41) is 2.93. The fourth-order valence-electron chi connectivity index (χ4n) is 2.14. The Hall–Kier alpha value is -2.13. The second-order valence-corrected chi connectivity index (χ2v) is 5.17. The molecule has 0 bridgehead atoms. The summed E-state index contributed by atoms with van der Waals surface area (Å²) in [5.41, 5.74) is 4.29.